The van der Waals surface area contributed by atoms with Gasteiger partial charge in [0.2, 0.25) is 0 Å². The highest BCUT2D eigenvalue weighted by atomic mass is 35.5. The normalized spacial score (nSPS) is 10.8. The molecule has 0 aliphatic rings. The molecule has 0 fully saturated rings. The summed E-state index contributed by atoms with van der Waals surface area (Å²) in [6, 6.07) is 3.94. The molecule has 2 aromatic rings. The van der Waals surface area contributed by atoms with Crippen LogP contribution >= 0.6 is 22.9 Å². The van der Waals surface area contributed by atoms with Crippen LogP contribution in [0.5, 0.6) is 0 Å². The van der Waals surface area contributed by atoms with Crippen molar-refractivity contribution in [3.05, 3.63) is 33.2 Å². The summed E-state index contributed by atoms with van der Waals surface area (Å²) in [6.07, 6.45) is 1.76. The van der Waals surface area contributed by atoms with Crippen molar-refractivity contribution in [3.8, 4) is 0 Å². The van der Waals surface area contributed by atoms with Gasteiger partial charge in [0.05, 0.1) is 16.2 Å². The molecule has 2 rings (SSSR count). The molecule has 0 amide bonds. The van der Waals surface area contributed by atoms with E-state index >= 15 is 0 Å². The van der Waals surface area contributed by atoms with E-state index in [4.69, 9.17) is 11.6 Å². The maximum absolute atomic E-state index is 5.83. The van der Waals surface area contributed by atoms with Gasteiger partial charge in [-0.3, -0.25) is 4.68 Å². The number of hydrogen-bond acceptors (Lipinski definition) is 4. The lowest BCUT2D eigenvalue weighted by molar-refractivity contribution is 0.619. The van der Waals surface area contributed by atoms with Crippen LogP contribution in [-0.2, 0) is 20.1 Å². The molecule has 6 heteroatoms. The third kappa shape index (κ3) is 2.77. The van der Waals surface area contributed by atoms with E-state index in [1.54, 1.807) is 22.2 Å². The minimum Gasteiger partial charge on any atom is -0.306 e. The Balaban J connectivity index is 1.83. The second-order valence-electron chi connectivity index (χ2n) is 3.16. The summed E-state index contributed by atoms with van der Waals surface area (Å²) in [6.45, 7) is 1.58. The Hall–Kier alpha value is -0.910. The Morgan fingerprint density at radius 2 is 2.33 bits per heavy atom. The maximum Gasteiger partial charge on any atom is 0.0931 e. The van der Waals surface area contributed by atoms with Gasteiger partial charge in [0, 0.05) is 25.0 Å². The molecule has 0 saturated carbocycles. The Labute approximate surface area is 96.9 Å². The smallest absolute Gasteiger partial charge is 0.0931 e. The third-order valence-corrected chi connectivity index (χ3v) is 3.27. The van der Waals surface area contributed by atoms with Crippen LogP contribution in [0.4, 0.5) is 0 Å². The molecule has 0 aliphatic heterocycles. The number of hydrogen-bond donors (Lipinski definition) is 1. The summed E-state index contributed by atoms with van der Waals surface area (Å²) in [7, 11) is 1.88. The van der Waals surface area contributed by atoms with Crippen molar-refractivity contribution in [2.24, 2.45) is 7.05 Å². The minimum atomic E-state index is 0.763. The summed E-state index contributed by atoms with van der Waals surface area (Å²) in [4.78, 5) is 1.23. The Morgan fingerprint density at radius 3 is 2.93 bits per heavy atom. The maximum atomic E-state index is 5.83. The van der Waals surface area contributed by atoms with Crippen molar-refractivity contribution < 1.29 is 0 Å². The molecular weight excluding hydrogens is 232 g/mol. The second-order valence-corrected chi connectivity index (χ2v) is 4.96. The molecule has 2 aromatic heterocycles. The third-order valence-electron chi connectivity index (χ3n) is 2.04. The fraction of sp³-hybridized carbons (Fsp3) is 0.333. The standard InChI is InChI=1S/C9H11ClN4S/c1-14-7(5-12-13-14)4-11-6-8-2-3-9(10)15-8/h2-3,5,11H,4,6H2,1H3. The van der Waals surface area contributed by atoms with Crippen LogP contribution in [0.2, 0.25) is 4.34 Å². The molecule has 0 aromatic carbocycles. The lowest BCUT2D eigenvalue weighted by Crippen LogP contribution is -2.14. The monoisotopic (exact) mass is 242 g/mol. The van der Waals surface area contributed by atoms with E-state index < -0.39 is 0 Å². The predicted octanol–water partition coefficient (Wildman–Crippen LogP) is 1.82. The van der Waals surface area contributed by atoms with Gasteiger partial charge in [-0.25, -0.2) is 0 Å². The summed E-state index contributed by atoms with van der Waals surface area (Å²) in [5, 5.41) is 11.0. The Morgan fingerprint density at radius 1 is 1.47 bits per heavy atom. The zero-order valence-corrected chi connectivity index (χ0v) is 9.85. The highest BCUT2D eigenvalue weighted by Crippen LogP contribution is 2.20. The predicted molar refractivity (Wildman–Crippen MR) is 60.9 cm³/mol. The van der Waals surface area contributed by atoms with Gasteiger partial charge in [-0.1, -0.05) is 16.8 Å². The summed E-state index contributed by atoms with van der Waals surface area (Å²) in [5.41, 5.74) is 1.07. The van der Waals surface area contributed by atoms with E-state index in [9.17, 15) is 0 Å². The van der Waals surface area contributed by atoms with E-state index in [0.29, 0.717) is 0 Å². The van der Waals surface area contributed by atoms with Gasteiger partial charge in [-0.05, 0) is 12.1 Å². The first-order valence-electron chi connectivity index (χ1n) is 4.54. The largest absolute Gasteiger partial charge is 0.306 e. The molecule has 0 spiro atoms. The molecule has 1 N–H and O–H groups in total. The highest BCUT2D eigenvalue weighted by molar-refractivity contribution is 7.16. The Bertz CT molecular complexity index is 437. The first-order valence-corrected chi connectivity index (χ1v) is 5.73. The average Bonchev–Trinajstić information content (AvgIpc) is 2.77. The molecule has 80 valence electrons. The van der Waals surface area contributed by atoms with Crippen LogP contribution in [0.3, 0.4) is 0 Å². The number of nitrogens with zero attached hydrogens (tertiary/aromatic N) is 3. The molecule has 2 heterocycles. The summed E-state index contributed by atoms with van der Waals surface area (Å²) >= 11 is 7.42. The number of halogens is 1. The number of aromatic nitrogens is 3. The lowest BCUT2D eigenvalue weighted by Gasteiger charge is -2.02. The van der Waals surface area contributed by atoms with Gasteiger partial charge in [0.1, 0.15) is 0 Å². The van der Waals surface area contributed by atoms with Crippen molar-refractivity contribution >= 4 is 22.9 Å². The number of thiophene rings is 1. The molecule has 15 heavy (non-hydrogen) atoms. The van der Waals surface area contributed by atoms with Crippen LogP contribution in [0.25, 0.3) is 0 Å². The van der Waals surface area contributed by atoms with Crippen LogP contribution < -0.4 is 5.32 Å². The molecule has 4 nitrogen and oxygen atoms in total. The molecule has 0 unspecified atom stereocenters. The van der Waals surface area contributed by atoms with Crippen molar-refractivity contribution in [2.75, 3.05) is 0 Å². The molecular formula is C9H11ClN4S. The number of rotatable bonds is 4. The van der Waals surface area contributed by atoms with Gasteiger partial charge < -0.3 is 5.32 Å². The van der Waals surface area contributed by atoms with E-state index in [1.165, 1.54) is 4.88 Å². The Kier molecular flexibility index (Phi) is 3.35. The van der Waals surface area contributed by atoms with E-state index in [0.717, 1.165) is 23.1 Å². The lowest BCUT2D eigenvalue weighted by atomic mass is 10.4. The number of nitrogens with one attached hydrogen (secondary N) is 1. The van der Waals surface area contributed by atoms with Crippen molar-refractivity contribution in [2.45, 2.75) is 13.1 Å². The van der Waals surface area contributed by atoms with Gasteiger partial charge in [-0.15, -0.1) is 16.4 Å². The fourth-order valence-electron chi connectivity index (χ4n) is 1.23. The molecule has 0 bridgehead atoms. The van der Waals surface area contributed by atoms with Crippen molar-refractivity contribution in [1.82, 2.24) is 20.3 Å². The summed E-state index contributed by atoms with van der Waals surface area (Å²) < 4.78 is 2.59. The van der Waals surface area contributed by atoms with Gasteiger partial charge >= 0.3 is 0 Å². The molecule has 0 radical (unpaired) electrons. The highest BCUT2D eigenvalue weighted by Gasteiger charge is 2.00. The fourth-order valence-corrected chi connectivity index (χ4v) is 2.29. The van der Waals surface area contributed by atoms with Gasteiger partial charge in [-0.2, -0.15) is 0 Å². The van der Waals surface area contributed by atoms with Crippen LogP contribution in [0, 0.1) is 0 Å². The van der Waals surface area contributed by atoms with Gasteiger partial charge in [0.15, 0.2) is 0 Å². The average molecular weight is 243 g/mol. The quantitative estimate of drug-likeness (QED) is 0.890. The molecule has 0 atom stereocenters. The van der Waals surface area contributed by atoms with Crippen molar-refractivity contribution in [1.29, 1.82) is 0 Å². The molecule has 0 saturated heterocycles. The first-order chi connectivity index (χ1) is 7.25. The van der Waals surface area contributed by atoms with Gasteiger partial charge in [0.25, 0.3) is 0 Å². The van der Waals surface area contributed by atoms with Crippen LogP contribution in [-0.4, -0.2) is 15.0 Å². The van der Waals surface area contributed by atoms with Crippen molar-refractivity contribution in [3.63, 3.8) is 0 Å². The van der Waals surface area contributed by atoms with Crippen LogP contribution in [0.1, 0.15) is 10.6 Å². The SMILES string of the molecule is Cn1nncc1CNCc1ccc(Cl)s1. The van der Waals surface area contributed by atoms with Crippen LogP contribution in [0.15, 0.2) is 18.3 Å². The number of aryl methyl sites for hydroxylation is 1. The first kappa shape index (κ1) is 10.6. The van der Waals surface area contributed by atoms with E-state index in [2.05, 4.69) is 15.6 Å². The topological polar surface area (TPSA) is 42.7 Å². The zero-order valence-electron chi connectivity index (χ0n) is 8.27. The minimum absolute atomic E-state index is 0.763. The van der Waals surface area contributed by atoms with E-state index in [1.807, 2.05) is 19.2 Å². The summed E-state index contributed by atoms with van der Waals surface area (Å²) in [5.74, 6) is 0. The second kappa shape index (κ2) is 4.74. The molecule has 0 aliphatic carbocycles. The van der Waals surface area contributed by atoms with E-state index in [-0.39, 0.29) is 0 Å². The zero-order chi connectivity index (χ0) is 10.7.